The second kappa shape index (κ2) is 7.13. The van der Waals surface area contributed by atoms with Crippen LogP contribution in [0, 0.1) is 20.8 Å². The Bertz CT molecular complexity index is 392. The number of carbonyl (C=O) groups excluding carboxylic acids is 1. The normalized spacial score (nSPS) is 10.4. The molecule has 0 atom stereocenters. The Morgan fingerprint density at radius 2 is 1.83 bits per heavy atom. The van der Waals surface area contributed by atoms with Crippen LogP contribution in [0.2, 0.25) is 0 Å². The molecule has 4 nitrogen and oxygen atoms in total. The van der Waals surface area contributed by atoms with Gasteiger partial charge in [-0.05, 0) is 31.9 Å². The van der Waals surface area contributed by atoms with Crippen LogP contribution in [0.5, 0.6) is 0 Å². The van der Waals surface area contributed by atoms with Crippen molar-refractivity contribution in [1.29, 1.82) is 0 Å². The van der Waals surface area contributed by atoms with Crippen molar-refractivity contribution in [2.24, 2.45) is 0 Å². The van der Waals surface area contributed by atoms with Crippen LogP contribution in [0.1, 0.15) is 27.0 Å². The van der Waals surface area contributed by atoms with Crippen LogP contribution in [0.3, 0.4) is 0 Å². The lowest BCUT2D eigenvalue weighted by Gasteiger charge is -2.11. The third-order valence-electron chi connectivity index (χ3n) is 2.67. The number of benzene rings is 1. The number of aliphatic hydroxyl groups is 1. The molecule has 0 bridgehead atoms. The molecule has 0 saturated carbocycles. The first kappa shape index (κ1) is 14.7. The molecule has 0 unspecified atom stereocenters. The summed E-state index contributed by atoms with van der Waals surface area (Å²) in [5, 5.41) is 11.4. The maximum atomic E-state index is 12.0. The van der Waals surface area contributed by atoms with Gasteiger partial charge in [0.2, 0.25) is 0 Å². The quantitative estimate of drug-likeness (QED) is 0.750. The summed E-state index contributed by atoms with van der Waals surface area (Å²) in [4.78, 5) is 12.0. The minimum atomic E-state index is -0.0717. The summed E-state index contributed by atoms with van der Waals surface area (Å²) in [5.41, 5.74) is 3.87. The summed E-state index contributed by atoms with van der Waals surface area (Å²) in [5.74, 6) is -0.0717. The number of aliphatic hydroxyl groups excluding tert-OH is 1. The van der Waals surface area contributed by atoms with Gasteiger partial charge in [0.1, 0.15) is 0 Å². The Labute approximate surface area is 108 Å². The van der Waals surface area contributed by atoms with E-state index in [1.54, 1.807) is 0 Å². The van der Waals surface area contributed by atoms with E-state index in [0.717, 1.165) is 22.3 Å². The van der Waals surface area contributed by atoms with Crippen LogP contribution in [-0.4, -0.2) is 37.4 Å². The summed E-state index contributed by atoms with van der Waals surface area (Å²) in [7, 11) is 0. The van der Waals surface area contributed by atoms with Gasteiger partial charge in [0, 0.05) is 12.1 Å². The molecule has 0 aliphatic rings. The van der Waals surface area contributed by atoms with Crippen molar-refractivity contribution in [1.82, 2.24) is 5.32 Å². The summed E-state index contributed by atoms with van der Waals surface area (Å²) in [6.45, 7) is 7.07. The molecule has 0 aromatic heterocycles. The number of hydrogen-bond acceptors (Lipinski definition) is 3. The Balaban J connectivity index is 2.57. The Morgan fingerprint density at radius 1 is 1.22 bits per heavy atom. The van der Waals surface area contributed by atoms with Gasteiger partial charge < -0.3 is 15.2 Å². The molecule has 2 N–H and O–H groups in total. The number of hydrogen-bond donors (Lipinski definition) is 2. The van der Waals surface area contributed by atoms with E-state index in [2.05, 4.69) is 5.32 Å². The van der Waals surface area contributed by atoms with E-state index in [9.17, 15) is 4.79 Å². The van der Waals surface area contributed by atoms with Gasteiger partial charge in [0.25, 0.3) is 5.91 Å². The largest absolute Gasteiger partial charge is 0.394 e. The second-order valence-corrected chi connectivity index (χ2v) is 4.37. The number of carbonyl (C=O) groups is 1. The van der Waals surface area contributed by atoms with Crippen LogP contribution < -0.4 is 5.32 Å². The highest BCUT2D eigenvalue weighted by molar-refractivity contribution is 5.97. The minimum Gasteiger partial charge on any atom is -0.394 e. The van der Waals surface area contributed by atoms with E-state index >= 15 is 0 Å². The Kier molecular flexibility index (Phi) is 5.82. The second-order valence-electron chi connectivity index (χ2n) is 4.37. The van der Waals surface area contributed by atoms with E-state index in [-0.39, 0.29) is 12.5 Å². The summed E-state index contributed by atoms with van der Waals surface area (Å²) in [6.07, 6.45) is 0. The fourth-order valence-electron chi connectivity index (χ4n) is 2.03. The highest BCUT2D eigenvalue weighted by Gasteiger charge is 2.11. The molecule has 0 fully saturated rings. The van der Waals surface area contributed by atoms with Crippen molar-refractivity contribution in [2.45, 2.75) is 20.8 Å². The Morgan fingerprint density at radius 3 is 2.39 bits per heavy atom. The van der Waals surface area contributed by atoms with Gasteiger partial charge in [0.05, 0.1) is 19.8 Å². The highest BCUT2D eigenvalue weighted by Crippen LogP contribution is 2.15. The lowest BCUT2D eigenvalue weighted by atomic mass is 9.99. The lowest BCUT2D eigenvalue weighted by molar-refractivity contribution is 0.0837. The SMILES string of the molecule is Cc1cc(C)c(C(=O)NCCOCCO)c(C)c1. The molecule has 0 aliphatic carbocycles. The number of aryl methyl sites for hydroxylation is 3. The average Bonchev–Trinajstić information content (AvgIpc) is 2.27. The topological polar surface area (TPSA) is 58.6 Å². The number of amides is 1. The maximum absolute atomic E-state index is 12.0. The number of nitrogens with one attached hydrogen (secondary N) is 1. The zero-order chi connectivity index (χ0) is 13.5. The van der Waals surface area contributed by atoms with E-state index in [1.807, 2.05) is 32.9 Å². The van der Waals surface area contributed by atoms with Crippen molar-refractivity contribution in [3.63, 3.8) is 0 Å². The maximum Gasteiger partial charge on any atom is 0.251 e. The van der Waals surface area contributed by atoms with Crippen molar-refractivity contribution in [3.8, 4) is 0 Å². The molecule has 0 heterocycles. The molecule has 18 heavy (non-hydrogen) atoms. The third-order valence-corrected chi connectivity index (χ3v) is 2.67. The third kappa shape index (κ3) is 4.13. The molecule has 0 saturated heterocycles. The van der Waals surface area contributed by atoms with Crippen LogP contribution in [0.15, 0.2) is 12.1 Å². The van der Waals surface area contributed by atoms with Gasteiger partial charge >= 0.3 is 0 Å². The van der Waals surface area contributed by atoms with E-state index in [1.165, 1.54) is 0 Å². The smallest absolute Gasteiger partial charge is 0.251 e. The molecule has 1 amide bonds. The Hall–Kier alpha value is -1.39. The van der Waals surface area contributed by atoms with Crippen molar-refractivity contribution in [3.05, 3.63) is 34.4 Å². The average molecular weight is 251 g/mol. The highest BCUT2D eigenvalue weighted by atomic mass is 16.5. The summed E-state index contributed by atoms with van der Waals surface area (Å²) in [6, 6.07) is 4.01. The van der Waals surface area contributed by atoms with Crippen molar-refractivity contribution in [2.75, 3.05) is 26.4 Å². The minimum absolute atomic E-state index is 0.00409. The van der Waals surface area contributed by atoms with Gasteiger partial charge in [-0.2, -0.15) is 0 Å². The van der Waals surface area contributed by atoms with Crippen LogP contribution >= 0.6 is 0 Å². The molecule has 0 spiro atoms. The first-order valence-electron chi connectivity index (χ1n) is 6.11. The van der Waals surface area contributed by atoms with E-state index in [4.69, 9.17) is 9.84 Å². The molecule has 1 rings (SSSR count). The summed E-state index contributed by atoms with van der Waals surface area (Å²) < 4.78 is 5.08. The van der Waals surface area contributed by atoms with Gasteiger partial charge in [0.15, 0.2) is 0 Å². The fraction of sp³-hybridized carbons (Fsp3) is 0.500. The first-order valence-corrected chi connectivity index (χ1v) is 6.11. The molecular weight excluding hydrogens is 230 g/mol. The zero-order valence-corrected chi connectivity index (χ0v) is 11.2. The zero-order valence-electron chi connectivity index (χ0n) is 11.2. The van der Waals surface area contributed by atoms with Gasteiger partial charge in [-0.15, -0.1) is 0 Å². The van der Waals surface area contributed by atoms with Crippen molar-refractivity contribution < 1.29 is 14.6 Å². The van der Waals surface area contributed by atoms with Gasteiger partial charge in [-0.3, -0.25) is 4.79 Å². The molecule has 1 aromatic carbocycles. The molecular formula is C14H21NO3. The number of rotatable bonds is 6. The molecule has 1 aromatic rings. The monoisotopic (exact) mass is 251 g/mol. The van der Waals surface area contributed by atoms with Crippen LogP contribution in [-0.2, 0) is 4.74 Å². The fourth-order valence-corrected chi connectivity index (χ4v) is 2.03. The van der Waals surface area contributed by atoms with Crippen LogP contribution in [0.4, 0.5) is 0 Å². The van der Waals surface area contributed by atoms with E-state index in [0.29, 0.717) is 19.8 Å². The predicted molar refractivity (Wildman–Crippen MR) is 70.9 cm³/mol. The lowest BCUT2D eigenvalue weighted by Crippen LogP contribution is -2.28. The van der Waals surface area contributed by atoms with Gasteiger partial charge in [-0.1, -0.05) is 17.7 Å². The molecule has 100 valence electrons. The predicted octanol–water partition coefficient (Wildman–Crippen LogP) is 1.35. The van der Waals surface area contributed by atoms with E-state index < -0.39 is 0 Å². The molecule has 4 heteroatoms. The summed E-state index contributed by atoms with van der Waals surface area (Å²) >= 11 is 0. The standard InChI is InChI=1S/C14H21NO3/c1-10-8-11(2)13(12(3)9-10)14(17)15-4-6-18-7-5-16/h8-9,16H,4-7H2,1-3H3,(H,15,17). The molecule has 0 aliphatic heterocycles. The number of ether oxygens (including phenoxy) is 1. The molecule has 0 radical (unpaired) electrons. The van der Waals surface area contributed by atoms with Gasteiger partial charge in [-0.25, -0.2) is 0 Å². The van der Waals surface area contributed by atoms with Crippen LogP contribution in [0.25, 0.3) is 0 Å². The van der Waals surface area contributed by atoms with Crippen molar-refractivity contribution >= 4 is 5.91 Å². The first-order chi connectivity index (χ1) is 8.56.